The van der Waals surface area contributed by atoms with E-state index in [-0.39, 0.29) is 0 Å². The van der Waals surface area contributed by atoms with E-state index in [0.29, 0.717) is 0 Å². The van der Waals surface area contributed by atoms with Crippen LogP contribution in [0.5, 0.6) is 0 Å². The molecule has 0 bridgehead atoms. The summed E-state index contributed by atoms with van der Waals surface area (Å²) in [5.74, 6) is -2.13. The van der Waals surface area contributed by atoms with Crippen LogP contribution < -0.4 is 0 Å². The molecule has 0 aliphatic heterocycles. The molecule has 0 unspecified atom stereocenters. The molecular formula is C5H9Cl2P. The monoisotopic (exact) mass is 170 g/mol. The number of hydrogen-bond acceptors (Lipinski definition) is 0. The molecule has 0 aromatic rings. The molecule has 0 saturated carbocycles. The van der Waals surface area contributed by atoms with Gasteiger partial charge in [0.1, 0.15) is 0 Å². The van der Waals surface area contributed by atoms with Crippen LogP contribution in [0, 0.1) is 11.0 Å². The van der Waals surface area contributed by atoms with E-state index in [4.69, 9.17) is 22.8 Å². The maximum atomic E-state index is 5.96. The zero-order valence-electron chi connectivity index (χ0n) is 5.20. The van der Waals surface area contributed by atoms with Crippen LogP contribution in [0.15, 0.2) is 0 Å². The van der Waals surface area contributed by atoms with Gasteiger partial charge in [0.15, 0.2) is 0 Å². The van der Waals surface area contributed by atoms with Gasteiger partial charge in [-0.15, -0.1) is 0 Å². The molecule has 0 amide bonds. The molecule has 0 rings (SSSR count). The Balaban J connectivity index is 4.31. The Labute approximate surface area is 60.3 Å². The van der Waals surface area contributed by atoms with E-state index in [9.17, 15) is 0 Å². The van der Waals surface area contributed by atoms with E-state index in [1.807, 2.05) is 20.0 Å². The summed E-state index contributed by atoms with van der Waals surface area (Å²) in [6.07, 6.45) is 0. The first-order valence-corrected chi connectivity index (χ1v) is 7.03. The Morgan fingerprint density at radius 2 is 1.62 bits per heavy atom. The third-order valence-electron chi connectivity index (χ3n) is 0.420. The summed E-state index contributed by atoms with van der Waals surface area (Å²) in [7, 11) is 0. The Morgan fingerprint density at radius 3 is 1.62 bits per heavy atom. The first kappa shape index (κ1) is 8.57. The van der Waals surface area contributed by atoms with Crippen LogP contribution in [-0.2, 0) is 0 Å². The van der Waals surface area contributed by atoms with Gasteiger partial charge >= 0.3 is 59.8 Å². The van der Waals surface area contributed by atoms with Crippen molar-refractivity contribution in [1.82, 2.24) is 0 Å². The van der Waals surface area contributed by atoms with Crippen LogP contribution in [0.1, 0.15) is 0 Å². The molecule has 0 aromatic carbocycles. The molecule has 0 heterocycles. The SMILES string of the molecule is CP(C)(C)(Cl)C#CCl. The fourth-order valence-electron chi connectivity index (χ4n) is 0.143. The second-order valence-corrected chi connectivity index (χ2v) is 12.0. The first-order valence-electron chi connectivity index (χ1n) is 2.17. The molecule has 0 aliphatic rings. The van der Waals surface area contributed by atoms with Gasteiger partial charge in [-0.05, 0) is 0 Å². The van der Waals surface area contributed by atoms with Gasteiger partial charge < -0.3 is 0 Å². The quantitative estimate of drug-likeness (QED) is 0.388. The van der Waals surface area contributed by atoms with E-state index >= 15 is 0 Å². The van der Waals surface area contributed by atoms with Gasteiger partial charge in [0, 0.05) is 0 Å². The van der Waals surface area contributed by atoms with Crippen LogP contribution >= 0.6 is 28.8 Å². The number of hydrogen-bond donors (Lipinski definition) is 0. The van der Waals surface area contributed by atoms with Crippen molar-refractivity contribution in [2.24, 2.45) is 0 Å². The standard InChI is InChI=1S/C5H9Cl2P/c1-8(2,3,7)5-4-6/h1-3H3. The number of rotatable bonds is 0. The summed E-state index contributed by atoms with van der Waals surface area (Å²) in [6.45, 7) is 5.80. The Kier molecular flexibility index (Phi) is 2.22. The third-order valence-corrected chi connectivity index (χ3v) is 1.77. The van der Waals surface area contributed by atoms with E-state index in [1.54, 1.807) is 0 Å². The van der Waals surface area contributed by atoms with E-state index in [1.165, 1.54) is 0 Å². The van der Waals surface area contributed by atoms with Crippen molar-refractivity contribution in [3.8, 4) is 11.0 Å². The Morgan fingerprint density at radius 1 is 1.25 bits per heavy atom. The van der Waals surface area contributed by atoms with Gasteiger partial charge in [-0.1, -0.05) is 0 Å². The molecule has 0 radical (unpaired) electrons. The second-order valence-electron chi connectivity index (χ2n) is 2.81. The predicted octanol–water partition coefficient (Wildman–Crippen LogP) is 2.74. The molecule has 0 atom stereocenters. The molecule has 0 nitrogen and oxygen atoms in total. The van der Waals surface area contributed by atoms with Crippen molar-refractivity contribution in [2.45, 2.75) is 0 Å². The normalized spacial score (nSPS) is 15.4. The maximum absolute atomic E-state index is 5.96. The molecule has 0 spiro atoms. The molecule has 0 fully saturated rings. The van der Waals surface area contributed by atoms with Gasteiger partial charge in [0.2, 0.25) is 0 Å². The van der Waals surface area contributed by atoms with Crippen molar-refractivity contribution >= 4 is 28.8 Å². The zero-order valence-corrected chi connectivity index (χ0v) is 7.61. The molecule has 0 N–H and O–H groups in total. The molecule has 48 valence electrons. The van der Waals surface area contributed by atoms with Crippen LogP contribution in [0.25, 0.3) is 0 Å². The topological polar surface area (TPSA) is 0 Å². The third kappa shape index (κ3) is 6.57. The first-order chi connectivity index (χ1) is 3.31. The Bertz CT molecular complexity index is 134. The van der Waals surface area contributed by atoms with Crippen LogP contribution in [0.2, 0.25) is 0 Å². The summed E-state index contributed by atoms with van der Waals surface area (Å²) in [5.41, 5.74) is 2.77. The van der Waals surface area contributed by atoms with Crippen molar-refractivity contribution in [2.75, 3.05) is 20.0 Å². The molecule has 8 heavy (non-hydrogen) atoms. The summed E-state index contributed by atoms with van der Waals surface area (Å²) >= 11 is 11.1. The van der Waals surface area contributed by atoms with Gasteiger partial charge in [-0.25, -0.2) is 0 Å². The van der Waals surface area contributed by atoms with Crippen molar-refractivity contribution in [3.63, 3.8) is 0 Å². The number of halogens is 2. The fourth-order valence-corrected chi connectivity index (χ4v) is 1.57. The van der Waals surface area contributed by atoms with E-state index < -0.39 is 5.96 Å². The molecule has 3 heteroatoms. The van der Waals surface area contributed by atoms with Gasteiger partial charge in [-0.3, -0.25) is 0 Å². The zero-order chi connectivity index (χ0) is 6.86. The van der Waals surface area contributed by atoms with Crippen molar-refractivity contribution < 1.29 is 0 Å². The van der Waals surface area contributed by atoms with Crippen LogP contribution in [-0.4, -0.2) is 20.0 Å². The summed E-state index contributed by atoms with van der Waals surface area (Å²) in [4.78, 5) is 0. The molecular weight excluding hydrogens is 162 g/mol. The molecule has 0 saturated heterocycles. The minimum atomic E-state index is -2.13. The van der Waals surface area contributed by atoms with E-state index in [2.05, 4.69) is 11.0 Å². The van der Waals surface area contributed by atoms with Gasteiger partial charge in [-0.2, -0.15) is 0 Å². The van der Waals surface area contributed by atoms with Gasteiger partial charge in [0.25, 0.3) is 0 Å². The second kappa shape index (κ2) is 2.07. The minimum absolute atomic E-state index is 1.93. The van der Waals surface area contributed by atoms with Crippen molar-refractivity contribution in [3.05, 3.63) is 0 Å². The molecule has 0 aliphatic carbocycles. The Hall–Kier alpha value is 0.570. The summed E-state index contributed by atoms with van der Waals surface area (Å²) in [6, 6.07) is 0. The van der Waals surface area contributed by atoms with E-state index in [0.717, 1.165) is 0 Å². The summed E-state index contributed by atoms with van der Waals surface area (Å²) in [5, 5.41) is 2.30. The average Bonchev–Trinajstić information content (AvgIpc) is 1.25. The average molecular weight is 171 g/mol. The molecule has 0 aromatic heterocycles. The summed E-state index contributed by atoms with van der Waals surface area (Å²) < 4.78 is 0. The van der Waals surface area contributed by atoms with Crippen LogP contribution in [0.4, 0.5) is 0 Å². The van der Waals surface area contributed by atoms with Crippen molar-refractivity contribution in [1.29, 1.82) is 0 Å². The predicted molar refractivity (Wildman–Crippen MR) is 44.2 cm³/mol. The van der Waals surface area contributed by atoms with Gasteiger partial charge in [0.05, 0.1) is 0 Å². The van der Waals surface area contributed by atoms with Crippen LogP contribution in [0.3, 0.4) is 0 Å². The fraction of sp³-hybridized carbons (Fsp3) is 0.600.